The molecule has 0 spiro atoms. The molecule has 0 fully saturated rings. The maximum Gasteiger partial charge on any atom is 0.111 e. The van der Waals surface area contributed by atoms with E-state index >= 15 is 0 Å². The van der Waals surface area contributed by atoms with E-state index in [0.29, 0.717) is 11.9 Å². The zero-order valence-corrected chi connectivity index (χ0v) is 14.2. The van der Waals surface area contributed by atoms with Gasteiger partial charge >= 0.3 is 0 Å². The molecule has 0 saturated heterocycles. The van der Waals surface area contributed by atoms with E-state index in [9.17, 15) is 0 Å². The number of fused-ring (bicyclic) bond motifs is 1. The maximum absolute atomic E-state index is 5.92. The molecule has 0 aliphatic carbocycles. The molecule has 2 rings (SSSR count). The van der Waals surface area contributed by atoms with Crippen LogP contribution in [0.1, 0.15) is 39.6 Å². The Hall–Kier alpha value is -0.540. The maximum atomic E-state index is 5.92. The number of aromatic nitrogens is 2. The first kappa shape index (κ1) is 14.9. The van der Waals surface area contributed by atoms with E-state index in [1.54, 1.807) is 0 Å². The van der Waals surface area contributed by atoms with Crippen LogP contribution in [0.3, 0.4) is 0 Å². The second-order valence-electron chi connectivity index (χ2n) is 6.01. The highest BCUT2D eigenvalue weighted by molar-refractivity contribution is 9.10. The van der Waals surface area contributed by atoms with Gasteiger partial charge in [0.2, 0.25) is 0 Å². The van der Waals surface area contributed by atoms with Crippen LogP contribution < -0.4 is 0 Å². The number of benzene rings is 1. The lowest BCUT2D eigenvalue weighted by Crippen LogP contribution is -2.23. The molecule has 19 heavy (non-hydrogen) atoms. The average molecular weight is 344 g/mol. The van der Waals surface area contributed by atoms with Crippen LogP contribution in [0.4, 0.5) is 0 Å². The first-order chi connectivity index (χ1) is 8.84. The molecule has 1 aromatic heterocycles. The molecule has 1 heterocycles. The molecule has 104 valence electrons. The predicted octanol–water partition coefficient (Wildman–Crippen LogP) is 5.19. The van der Waals surface area contributed by atoms with Crippen LogP contribution in [0.5, 0.6) is 0 Å². The summed E-state index contributed by atoms with van der Waals surface area (Å²) in [5.41, 5.74) is 2.40. The van der Waals surface area contributed by atoms with Crippen molar-refractivity contribution in [2.45, 2.75) is 40.2 Å². The molecule has 2 aromatic rings. The quantitative estimate of drug-likeness (QED) is 0.701. The summed E-state index contributed by atoms with van der Waals surface area (Å²) in [6.45, 7) is 9.02. The van der Waals surface area contributed by atoms with Crippen molar-refractivity contribution in [2.75, 3.05) is 5.88 Å². The first-order valence-electron chi connectivity index (χ1n) is 6.57. The summed E-state index contributed by atoms with van der Waals surface area (Å²) in [7, 11) is 0. The molecule has 0 saturated carbocycles. The van der Waals surface area contributed by atoms with Crippen LogP contribution in [0.2, 0.25) is 0 Å². The van der Waals surface area contributed by atoms with Crippen LogP contribution in [0, 0.1) is 5.41 Å². The summed E-state index contributed by atoms with van der Waals surface area (Å²) < 4.78 is 3.42. The largest absolute Gasteiger partial charge is 0.325 e. The van der Waals surface area contributed by atoms with E-state index in [-0.39, 0.29) is 5.41 Å². The Labute approximate surface area is 128 Å². The fourth-order valence-electron chi connectivity index (χ4n) is 2.20. The Kier molecular flexibility index (Phi) is 4.26. The lowest BCUT2D eigenvalue weighted by molar-refractivity contribution is 0.263. The lowest BCUT2D eigenvalue weighted by atomic mass is 9.87. The molecule has 1 atom stereocenters. The summed E-state index contributed by atoms with van der Waals surface area (Å²) in [6.07, 6.45) is 0.800. The normalized spacial score (nSPS) is 14.0. The van der Waals surface area contributed by atoms with Crippen molar-refractivity contribution in [3.8, 4) is 0 Å². The van der Waals surface area contributed by atoms with Gasteiger partial charge in [0.1, 0.15) is 5.82 Å². The third kappa shape index (κ3) is 2.97. The van der Waals surface area contributed by atoms with Gasteiger partial charge in [-0.05, 0) is 30.5 Å². The highest BCUT2D eigenvalue weighted by Crippen LogP contribution is 2.34. The standard InChI is InChI=1S/C15H20BrClN2/c1-10(15(2,3)4)19-13-9-11(16)5-6-12(13)18-14(19)7-8-17/h5-6,9-10H,7-8H2,1-4H3. The van der Waals surface area contributed by atoms with E-state index < -0.39 is 0 Å². The second-order valence-corrected chi connectivity index (χ2v) is 7.31. The summed E-state index contributed by atoms with van der Waals surface area (Å²) in [5, 5.41) is 0. The highest BCUT2D eigenvalue weighted by Gasteiger charge is 2.25. The van der Waals surface area contributed by atoms with Gasteiger partial charge in [0.05, 0.1) is 11.0 Å². The molecule has 1 unspecified atom stereocenters. The van der Waals surface area contributed by atoms with Crippen LogP contribution in [-0.4, -0.2) is 15.4 Å². The molecule has 0 bridgehead atoms. The minimum Gasteiger partial charge on any atom is -0.325 e. The topological polar surface area (TPSA) is 17.8 Å². The summed E-state index contributed by atoms with van der Waals surface area (Å²) in [4.78, 5) is 4.74. The van der Waals surface area contributed by atoms with Gasteiger partial charge in [0.25, 0.3) is 0 Å². The van der Waals surface area contributed by atoms with Gasteiger partial charge in [-0.15, -0.1) is 11.6 Å². The number of rotatable bonds is 3. The molecule has 4 heteroatoms. The summed E-state index contributed by atoms with van der Waals surface area (Å²) in [6, 6.07) is 6.60. The van der Waals surface area contributed by atoms with Gasteiger partial charge in [-0.25, -0.2) is 4.98 Å². The summed E-state index contributed by atoms with van der Waals surface area (Å²) in [5.74, 6) is 1.67. The van der Waals surface area contributed by atoms with Crippen molar-refractivity contribution in [1.82, 2.24) is 9.55 Å². The highest BCUT2D eigenvalue weighted by atomic mass is 79.9. The minimum absolute atomic E-state index is 0.178. The number of halogens is 2. The average Bonchev–Trinajstić information content (AvgIpc) is 2.64. The van der Waals surface area contributed by atoms with Crippen LogP contribution in [-0.2, 0) is 6.42 Å². The van der Waals surface area contributed by atoms with Crippen LogP contribution in [0.25, 0.3) is 11.0 Å². The molecular weight excluding hydrogens is 324 g/mol. The molecule has 0 aliphatic heterocycles. The number of imidazole rings is 1. The molecule has 0 aliphatic rings. The molecule has 0 N–H and O–H groups in total. The Bertz CT molecular complexity index is 584. The third-order valence-electron chi connectivity index (χ3n) is 3.68. The van der Waals surface area contributed by atoms with Crippen molar-refractivity contribution < 1.29 is 0 Å². The third-order valence-corrected chi connectivity index (χ3v) is 4.37. The van der Waals surface area contributed by atoms with Crippen molar-refractivity contribution in [1.29, 1.82) is 0 Å². The zero-order valence-electron chi connectivity index (χ0n) is 11.9. The fourth-order valence-corrected chi connectivity index (χ4v) is 2.71. The minimum atomic E-state index is 0.178. The number of hydrogen-bond acceptors (Lipinski definition) is 1. The van der Waals surface area contributed by atoms with Gasteiger partial charge in [0.15, 0.2) is 0 Å². The Balaban J connectivity index is 2.66. The van der Waals surface area contributed by atoms with E-state index in [0.717, 1.165) is 22.2 Å². The predicted molar refractivity (Wildman–Crippen MR) is 86.0 cm³/mol. The Morgan fingerprint density at radius 3 is 2.63 bits per heavy atom. The van der Waals surface area contributed by atoms with Gasteiger partial charge in [-0.2, -0.15) is 0 Å². The summed E-state index contributed by atoms with van der Waals surface area (Å²) >= 11 is 9.47. The number of nitrogens with zero attached hydrogens (tertiary/aromatic N) is 2. The van der Waals surface area contributed by atoms with Gasteiger partial charge in [-0.1, -0.05) is 36.7 Å². The molecule has 0 radical (unpaired) electrons. The van der Waals surface area contributed by atoms with E-state index in [1.807, 2.05) is 6.07 Å². The van der Waals surface area contributed by atoms with E-state index in [1.165, 1.54) is 5.52 Å². The van der Waals surface area contributed by atoms with Gasteiger partial charge in [-0.3, -0.25) is 0 Å². The van der Waals surface area contributed by atoms with Crippen LogP contribution in [0.15, 0.2) is 22.7 Å². The Morgan fingerprint density at radius 2 is 2.05 bits per heavy atom. The van der Waals surface area contributed by atoms with Crippen LogP contribution >= 0.6 is 27.5 Å². The molecule has 1 aromatic carbocycles. The Morgan fingerprint density at radius 1 is 1.37 bits per heavy atom. The SMILES string of the molecule is CC(n1c(CCCl)nc2ccc(Br)cc21)C(C)(C)C. The smallest absolute Gasteiger partial charge is 0.111 e. The molecular formula is C15H20BrClN2. The second kappa shape index (κ2) is 5.45. The van der Waals surface area contributed by atoms with Crippen molar-refractivity contribution in [3.63, 3.8) is 0 Å². The van der Waals surface area contributed by atoms with Crippen molar-refractivity contribution >= 4 is 38.6 Å². The molecule has 2 nitrogen and oxygen atoms in total. The number of aryl methyl sites for hydroxylation is 1. The van der Waals surface area contributed by atoms with E-state index in [4.69, 9.17) is 16.6 Å². The van der Waals surface area contributed by atoms with E-state index in [2.05, 4.69) is 60.3 Å². The molecule has 0 amide bonds. The van der Waals surface area contributed by atoms with Gasteiger partial charge in [0, 0.05) is 22.8 Å². The number of hydrogen-bond donors (Lipinski definition) is 0. The fraction of sp³-hybridized carbons (Fsp3) is 0.533. The first-order valence-corrected chi connectivity index (χ1v) is 7.89. The monoisotopic (exact) mass is 342 g/mol. The zero-order chi connectivity index (χ0) is 14.2. The number of alkyl halides is 1. The lowest BCUT2D eigenvalue weighted by Gasteiger charge is -2.30. The van der Waals surface area contributed by atoms with Crippen molar-refractivity contribution in [3.05, 3.63) is 28.5 Å². The van der Waals surface area contributed by atoms with Gasteiger partial charge < -0.3 is 4.57 Å². The van der Waals surface area contributed by atoms with Crippen molar-refractivity contribution in [2.24, 2.45) is 5.41 Å².